The van der Waals surface area contributed by atoms with Crippen LogP contribution >= 0.6 is 0 Å². The Kier molecular flexibility index (Phi) is 2.87. The normalized spacial score (nSPS) is 29.5. The Balaban J connectivity index is 2.30. The number of hydrogen-bond donors (Lipinski definition) is 1. The van der Waals surface area contributed by atoms with Gasteiger partial charge >= 0.3 is 0 Å². The fraction of sp³-hybridized carbons (Fsp3) is 0.875. The SMILES string of the molecule is CC([C]=O)C1CCCNC1. The maximum atomic E-state index is 10.3. The Labute approximate surface area is 62.0 Å². The van der Waals surface area contributed by atoms with Crippen LogP contribution in [0.1, 0.15) is 19.8 Å². The van der Waals surface area contributed by atoms with Crippen LogP contribution in [-0.4, -0.2) is 19.4 Å². The highest BCUT2D eigenvalue weighted by Crippen LogP contribution is 2.17. The topological polar surface area (TPSA) is 29.1 Å². The average Bonchev–Trinajstić information content (AvgIpc) is 2.05. The molecule has 1 radical (unpaired) electrons. The molecule has 0 aromatic carbocycles. The third kappa shape index (κ3) is 1.81. The Morgan fingerprint density at radius 1 is 1.70 bits per heavy atom. The maximum Gasteiger partial charge on any atom is 0.201 e. The van der Waals surface area contributed by atoms with Crippen LogP contribution in [0.3, 0.4) is 0 Å². The van der Waals surface area contributed by atoms with Crippen molar-refractivity contribution in [1.82, 2.24) is 5.32 Å². The Bertz CT molecular complexity index is 108. The number of hydrogen-bond acceptors (Lipinski definition) is 2. The van der Waals surface area contributed by atoms with Gasteiger partial charge in [-0.3, -0.25) is 4.79 Å². The smallest absolute Gasteiger partial charge is 0.201 e. The summed E-state index contributed by atoms with van der Waals surface area (Å²) in [4.78, 5) is 10.3. The predicted octanol–water partition coefficient (Wildman–Crippen LogP) is 0.732. The summed E-state index contributed by atoms with van der Waals surface area (Å²) >= 11 is 0. The molecule has 1 heterocycles. The minimum Gasteiger partial charge on any atom is -0.316 e. The van der Waals surface area contributed by atoms with E-state index in [1.807, 2.05) is 13.2 Å². The summed E-state index contributed by atoms with van der Waals surface area (Å²) < 4.78 is 0. The van der Waals surface area contributed by atoms with Crippen LogP contribution in [0.25, 0.3) is 0 Å². The molecule has 0 aromatic heterocycles. The highest BCUT2D eigenvalue weighted by Gasteiger charge is 2.19. The molecular formula is C8H14NO. The van der Waals surface area contributed by atoms with Gasteiger partial charge in [-0.05, 0) is 31.8 Å². The zero-order valence-electron chi connectivity index (χ0n) is 6.39. The van der Waals surface area contributed by atoms with Crippen LogP contribution in [-0.2, 0) is 4.79 Å². The van der Waals surface area contributed by atoms with Gasteiger partial charge in [-0.25, -0.2) is 0 Å². The quantitative estimate of drug-likeness (QED) is 0.612. The van der Waals surface area contributed by atoms with E-state index in [9.17, 15) is 4.79 Å². The van der Waals surface area contributed by atoms with Crippen molar-refractivity contribution in [3.8, 4) is 0 Å². The summed E-state index contributed by atoms with van der Waals surface area (Å²) in [6, 6.07) is 0. The van der Waals surface area contributed by atoms with Gasteiger partial charge in [-0.1, -0.05) is 6.92 Å². The third-order valence-corrected chi connectivity index (χ3v) is 2.23. The molecule has 0 amide bonds. The second-order valence-corrected chi connectivity index (χ2v) is 3.01. The Morgan fingerprint density at radius 3 is 3.00 bits per heavy atom. The molecular weight excluding hydrogens is 126 g/mol. The van der Waals surface area contributed by atoms with E-state index in [-0.39, 0.29) is 5.92 Å². The van der Waals surface area contributed by atoms with Gasteiger partial charge in [0.25, 0.3) is 0 Å². The minimum absolute atomic E-state index is 0.118. The van der Waals surface area contributed by atoms with Crippen molar-refractivity contribution in [3.63, 3.8) is 0 Å². The molecule has 2 nitrogen and oxygen atoms in total. The monoisotopic (exact) mass is 140 g/mol. The average molecular weight is 140 g/mol. The van der Waals surface area contributed by atoms with Crippen molar-refractivity contribution >= 4 is 6.29 Å². The zero-order valence-corrected chi connectivity index (χ0v) is 6.39. The van der Waals surface area contributed by atoms with E-state index in [1.165, 1.54) is 12.8 Å². The number of carbonyl (C=O) groups excluding carboxylic acids is 1. The van der Waals surface area contributed by atoms with Crippen molar-refractivity contribution in [2.45, 2.75) is 19.8 Å². The number of piperidine rings is 1. The van der Waals surface area contributed by atoms with Crippen molar-refractivity contribution in [2.75, 3.05) is 13.1 Å². The van der Waals surface area contributed by atoms with E-state index in [2.05, 4.69) is 5.32 Å². The van der Waals surface area contributed by atoms with Crippen LogP contribution in [0, 0.1) is 11.8 Å². The standard InChI is InChI=1S/C8H14NO/c1-7(6-10)8-3-2-4-9-5-8/h7-9H,2-5H2,1H3. The lowest BCUT2D eigenvalue weighted by Gasteiger charge is -2.24. The molecule has 10 heavy (non-hydrogen) atoms. The van der Waals surface area contributed by atoms with Gasteiger partial charge < -0.3 is 5.32 Å². The van der Waals surface area contributed by atoms with Gasteiger partial charge in [-0.15, -0.1) is 0 Å². The van der Waals surface area contributed by atoms with Crippen LogP contribution in [0.2, 0.25) is 0 Å². The highest BCUT2D eigenvalue weighted by molar-refractivity contribution is 5.54. The molecule has 0 bridgehead atoms. The van der Waals surface area contributed by atoms with E-state index in [0.717, 1.165) is 13.1 Å². The lowest BCUT2D eigenvalue weighted by atomic mass is 9.89. The van der Waals surface area contributed by atoms with Gasteiger partial charge in [-0.2, -0.15) is 0 Å². The largest absolute Gasteiger partial charge is 0.316 e. The van der Waals surface area contributed by atoms with Gasteiger partial charge in [0.15, 0.2) is 0 Å². The summed E-state index contributed by atoms with van der Waals surface area (Å²) in [5.74, 6) is 0.652. The summed E-state index contributed by atoms with van der Waals surface area (Å²) in [6.45, 7) is 4.06. The maximum absolute atomic E-state index is 10.3. The molecule has 2 heteroatoms. The number of rotatable bonds is 2. The molecule has 1 saturated heterocycles. The molecule has 1 aliphatic rings. The van der Waals surface area contributed by atoms with Crippen molar-refractivity contribution < 1.29 is 4.79 Å². The summed E-state index contributed by atoms with van der Waals surface area (Å²) in [5, 5.41) is 3.27. The second-order valence-electron chi connectivity index (χ2n) is 3.01. The van der Waals surface area contributed by atoms with Gasteiger partial charge in [0.1, 0.15) is 0 Å². The van der Waals surface area contributed by atoms with Gasteiger partial charge in [0.2, 0.25) is 6.29 Å². The molecule has 1 fully saturated rings. The summed E-state index contributed by atoms with van der Waals surface area (Å²) in [5.41, 5.74) is 0. The third-order valence-electron chi connectivity index (χ3n) is 2.23. The molecule has 1 N–H and O–H groups in total. The van der Waals surface area contributed by atoms with E-state index < -0.39 is 0 Å². The first-order valence-electron chi connectivity index (χ1n) is 3.93. The number of nitrogens with one attached hydrogen (secondary N) is 1. The van der Waals surface area contributed by atoms with E-state index in [0.29, 0.717) is 5.92 Å². The van der Waals surface area contributed by atoms with Crippen molar-refractivity contribution in [1.29, 1.82) is 0 Å². The van der Waals surface area contributed by atoms with Gasteiger partial charge in [0, 0.05) is 5.92 Å². The fourth-order valence-corrected chi connectivity index (χ4v) is 1.40. The van der Waals surface area contributed by atoms with E-state index in [1.54, 1.807) is 0 Å². The second kappa shape index (κ2) is 3.71. The molecule has 0 saturated carbocycles. The molecule has 1 rings (SSSR count). The predicted molar refractivity (Wildman–Crippen MR) is 40.5 cm³/mol. The fourth-order valence-electron chi connectivity index (χ4n) is 1.40. The lowest BCUT2D eigenvalue weighted by molar-refractivity contribution is 0.323. The minimum atomic E-state index is 0.118. The Morgan fingerprint density at radius 2 is 2.50 bits per heavy atom. The first-order chi connectivity index (χ1) is 4.84. The molecule has 2 unspecified atom stereocenters. The van der Waals surface area contributed by atoms with Crippen LogP contribution in [0.15, 0.2) is 0 Å². The summed E-state index contributed by atoms with van der Waals surface area (Å²) in [7, 11) is 0. The molecule has 2 atom stereocenters. The molecule has 0 spiro atoms. The highest BCUT2D eigenvalue weighted by atomic mass is 16.1. The summed E-state index contributed by atoms with van der Waals surface area (Å²) in [6.07, 6.45) is 4.43. The van der Waals surface area contributed by atoms with E-state index >= 15 is 0 Å². The first kappa shape index (κ1) is 7.73. The van der Waals surface area contributed by atoms with Crippen molar-refractivity contribution in [3.05, 3.63) is 0 Å². The van der Waals surface area contributed by atoms with Crippen molar-refractivity contribution in [2.24, 2.45) is 11.8 Å². The van der Waals surface area contributed by atoms with Gasteiger partial charge in [0.05, 0.1) is 0 Å². The molecule has 0 aliphatic carbocycles. The molecule has 1 aliphatic heterocycles. The Hall–Kier alpha value is -0.370. The lowest BCUT2D eigenvalue weighted by Crippen LogP contribution is -2.33. The van der Waals surface area contributed by atoms with Crippen LogP contribution in [0.5, 0.6) is 0 Å². The van der Waals surface area contributed by atoms with E-state index in [4.69, 9.17) is 0 Å². The first-order valence-corrected chi connectivity index (χ1v) is 3.93. The molecule has 0 aromatic rings. The zero-order chi connectivity index (χ0) is 7.40. The van der Waals surface area contributed by atoms with Crippen LogP contribution in [0.4, 0.5) is 0 Å². The molecule has 57 valence electrons. The van der Waals surface area contributed by atoms with Crippen LogP contribution < -0.4 is 5.32 Å².